The van der Waals surface area contributed by atoms with Crippen molar-refractivity contribution in [3.05, 3.63) is 23.8 Å². The molecule has 3 nitrogen and oxygen atoms in total. The molecule has 0 aliphatic heterocycles. The summed E-state index contributed by atoms with van der Waals surface area (Å²) in [6, 6.07) is 5.93. The molecule has 0 atom stereocenters. The minimum absolute atomic E-state index is 0.309. The van der Waals surface area contributed by atoms with E-state index in [0.717, 1.165) is 24.1 Å². The Morgan fingerprint density at radius 2 is 2.29 bits per heavy atom. The monoisotopic (exact) mass is 193 g/mol. The van der Waals surface area contributed by atoms with Crippen LogP contribution < -0.4 is 10.1 Å². The lowest BCUT2D eigenvalue weighted by Crippen LogP contribution is -2.04. The predicted molar refractivity (Wildman–Crippen MR) is 56.9 cm³/mol. The van der Waals surface area contributed by atoms with E-state index in [1.165, 1.54) is 5.56 Å². The van der Waals surface area contributed by atoms with Crippen LogP contribution in [0.3, 0.4) is 0 Å². The number of hydrogen-bond acceptors (Lipinski definition) is 3. The third-order valence-corrected chi connectivity index (χ3v) is 2.05. The van der Waals surface area contributed by atoms with E-state index < -0.39 is 0 Å². The van der Waals surface area contributed by atoms with Crippen LogP contribution in [0.2, 0.25) is 0 Å². The number of ether oxygens (including phenoxy) is 1. The maximum atomic E-state index is 10.2. The van der Waals surface area contributed by atoms with Gasteiger partial charge in [0.15, 0.2) is 0 Å². The van der Waals surface area contributed by atoms with Crippen LogP contribution in [0, 0.1) is 0 Å². The quantitative estimate of drug-likeness (QED) is 0.725. The Labute approximate surface area is 84.1 Å². The summed E-state index contributed by atoms with van der Waals surface area (Å²) in [6.07, 6.45) is 1.80. The zero-order chi connectivity index (χ0) is 10.4. The van der Waals surface area contributed by atoms with Crippen molar-refractivity contribution in [1.82, 2.24) is 0 Å². The summed E-state index contributed by atoms with van der Waals surface area (Å²) in [5.41, 5.74) is 2.10. The van der Waals surface area contributed by atoms with E-state index in [1.54, 1.807) is 7.11 Å². The average molecular weight is 193 g/mol. The zero-order valence-corrected chi connectivity index (χ0v) is 8.54. The molecule has 1 aromatic carbocycles. The Hall–Kier alpha value is -1.51. The Bertz CT molecular complexity index is 310. The number of anilines is 1. The lowest BCUT2D eigenvalue weighted by Gasteiger charge is -2.10. The van der Waals surface area contributed by atoms with Gasteiger partial charge in [0, 0.05) is 0 Å². The van der Waals surface area contributed by atoms with Crippen molar-refractivity contribution in [3.8, 4) is 5.75 Å². The van der Waals surface area contributed by atoms with Crippen molar-refractivity contribution >= 4 is 12.0 Å². The number of hydrogen-bond donors (Lipinski definition) is 1. The molecule has 0 bridgehead atoms. The van der Waals surface area contributed by atoms with Crippen molar-refractivity contribution < 1.29 is 9.53 Å². The molecule has 0 saturated heterocycles. The Kier molecular flexibility index (Phi) is 3.98. The van der Waals surface area contributed by atoms with Crippen LogP contribution in [0.25, 0.3) is 0 Å². The second kappa shape index (κ2) is 5.27. The first kappa shape index (κ1) is 10.6. The van der Waals surface area contributed by atoms with Crippen LogP contribution in [0.1, 0.15) is 12.5 Å². The van der Waals surface area contributed by atoms with Crippen LogP contribution in [-0.4, -0.2) is 19.9 Å². The highest BCUT2D eigenvalue weighted by Gasteiger charge is 2.02. The highest BCUT2D eigenvalue weighted by Crippen LogP contribution is 2.25. The lowest BCUT2D eigenvalue weighted by molar-refractivity contribution is -0.106. The van der Waals surface area contributed by atoms with Crippen molar-refractivity contribution in [2.45, 2.75) is 13.3 Å². The molecule has 0 radical (unpaired) electrons. The van der Waals surface area contributed by atoms with E-state index in [2.05, 4.69) is 12.2 Å². The minimum atomic E-state index is 0.309. The van der Waals surface area contributed by atoms with Crippen molar-refractivity contribution in [2.24, 2.45) is 0 Å². The second-order valence-corrected chi connectivity index (χ2v) is 2.94. The van der Waals surface area contributed by atoms with E-state index in [1.807, 2.05) is 18.2 Å². The van der Waals surface area contributed by atoms with Gasteiger partial charge < -0.3 is 14.8 Å². The Morgan fingerprint density at radius 1 is 1.50 bits per heavy atom. The van der Waals surface area contributed by atoms with E-state index >= 15 is 0 Å². The first-order valence-corrected chi connectivity index (χ1v) is 4.66. The SMILES string of the molecule is CCc1ccc(OC)c(NCC=O)c1. The molecule has 0 saturated carbocycles. The zero-order valence-electron chi connectivity index (χ0n) is 8.54. The molecule has 0 spiro atoms. The topological polar surface area (TPSA) is 38.3 Å². The van der Waals surface area contributed by atoms with Gasteiger partial charge in [-0.15, -0.1) is 0 Å². The van der Waals surface area contributed by atoms with Gasteiger partial charge >= 0.3 is 0 Å². The highest BCUT2D eigenvalue weighted by atomic mass is 16.5. The number of nitrogens with one attached hydrogen (secondary N) is 1. The number of carbonyl (C=O) groups is 1. The molecular weight excluding hydrogens is 178 g/mol. The van der Waals surface area contributed by atoms with Gasteiger partial charge in [-0.3, -0.25) is 0 Å². The molecule has 1 rings (SSSR count). The first-order valence-electron chi connectivity index (χ1n) is 4.66. The fourth-order valence-corrected chi connectivity index (χ4v) is 1.26. The molecule has 0 aliphatic rings. The molecule has 0 aromatic heterocycles. The van der Waals surface area contributed by atoms with Gasteiger partial charge in [-0.1, -0.05) is 13.0 Å². The molecule has 3 heteroatoms. The Morgan fingerprint density at radius 3 is 2.86 bits per heavy atom. The maximum absolute atomic E-state index is 10.2. The van der Waals surface area contributed by atoms with Gasteiger partial charge in [0.1, 0.15) is 12.0 Å². The van der Waals surface area contributed by atoms with Gasteiger partial charge in [0.05, 0.1) is 19.3 Å². The third kappa shape index (κ3) is 2.49. The van der Waals surface area contributed by atoms with Gasteiger partial charge in [-0.25, -0.2) is 0 Å². The van der Waals surface area contributed by atoms with Gasteiger partial charge in [0.25, 0.3) is 0 Å². The molecule has 1 N–H and O–H groups in total. The molecule has 14 heavy (non-hydrogen) atoms. The molecule has 0 unspecified atom stereocenters. The van der Waals surface area contributed by atoms with E-state index in [9.17, 15) is 4.79 Å². The van der Waals surface area contributed by atoms with E-state index in [-0.39, 0.29) is 0 Å². The predicted octanol–water partition coefficient (Wildman–Crippen LogP) is 1.87. The van der Waals surface area contributed by atoms with Crippen LogP contribution in [0.15, 0.2) is 18.2 Å². The van der Waals surface area contributed by atoms with E-state index in [4.69, 9.17) is 4.74 Å². The van der Waals surface area contributed by atoms with E-state index in [0.29, 0.717) is 6.54 Å². The summed E-state index contributed by atoms with van der Waals surface area (Å²) in [6.45, 7) is 2.40. The summed E-state index contributed by atoms with van der Waals surface area (Å²) in [5.74, 6) is 0.768. The summed E-state index contributed by atoms with van der Waals surface area (Å²) in [7, 11) is 1.62. The normalized spacial score (nSPS) is 9.57. The van der Waals surface area contributed by atoms with Crippen molar-refractivity contribution in [3.63, 3.8) is 0 Å². The smallest absolute Gasteiger partial charge is 0.141 e. The number of aldehydes is 1. The van der Waals surface area contributed by atoms with Gasteiger partial charge in [-0.2, -0.15) is 0 Å². The van der Waals surface area contributed by atoms with Crippen LogP contribution in [0.5, 0.6) is 5.75 Å². The lowest BCUT2D eigenvalue weighted by atomic mass is 10.1. The standard InChI is InChI=1S/C11H15NO2/c1-3-9-4-5-11(14-2)10(8-9)12-6-7-13/h4-5,7-8,12H,3,6H2,1-2H3. The second-order valence-electron chi connectivity index (χ2n) is 2.94. The summed E-state index contributed by atoms with van der Waals surface area (Å²) in [4.78, 5) is 10.2. The number of carbonyl (C=O) groups excluding carboxylic acids is 1. The molecule has 76 valence electrons. The number of benzene rings is 1. The molecule has 0 aliphatic carbocycles. The van der Waals surface area contributed by atoms with Crippen molar-refractivity contribution in [1.29, 1.82) is 0 Å². The molecule has 1 aromatic rings. The maximum Gasteiger partial charge on any atom is 0.141 e. The summed E-state index contributed by atoms with van der Waals surface area (Å²) in [5, 5.41) is 3.00. The number of aryl methyl sites for hydroxylation is 1. The highest BCUT2D eigenvalue weighted by molar-refractivity contribution is 5.64. The molecular formula is C11H15NO2. The summed E-state index contributed by atoms with van der Waals surface area (Å²) >= 11 is 0. The van der Waals surface area contributed by atoms with Crippen LogP contribution in [-0.2, 0) is 11.2 Å². The summed E-state index contributed by atoms with van der Waals surface area (Å²) < 4.78 is 5.16. The average Bonchev–Trinajstić information content (AvgIpc) is 2.25. The number of methoxy groups -OCH3 is 1. The third-order valence-electron chi connectivity index (χ3n) is 2.05. The first-order chi connectivity index (χ1) is 6.81. The Balaban J connectivity index is 2.89. The molecule has 0 amide bonds. The van der Waals surface area contributed by atoms with Crippen molar-refractivity contribution in [2.75, 3.05) is 19.0 Å². The minimum Gasteiger partial charge on any atom is -0.495 e. The molecule has 0 heterocycles. The fraction of sp³-hybridized carbons (Fsp3) is 0.364. The number of rotatable bonds is 5. The van der Waals surface area contributed by atoms with Gasteiger partial charge in [0.2, 0.25) is 0 Å². The largest absolute Gasteiger partial charge is 0.495 e. The molecule has 0 fully saturated rings. The van der Waals surface area contributed by atoms with Crippen LogP contribution in [0.4, 0.5) is 5.69 Å². The fourth-order valence-electron chi connectivity index (χ4n) is 1.26. The van der Waals surface area contributed by atoms with Gasteiger partial charge in [-0.05, 0) is 24.1 Å². The van der Waals surface area contributed by atoms with Crippen LogP contribution >= 0.6 is 0 Å².